The molecule has 1 rings (SSSR count). The molecule has 1 aromatic heterocycles. The van der Waals surface area contributed by atoms with Crippen molar-refractivity contribution in [2.75, 3.05) is 5.75 Å². The van der Waals surface area contributed by atoms with E-state index < -0.39 is 0 Å². The van der Waals surface area contributed by atoms with Crippen molar-refractivity contribution >= 4 is 29.9 Å². The van der Waals surface area contributed by atoms with Gasteiger partial charge in [-0.15, -0.1) is 0 Å². The largest absolute Gasteiger partial charge is 0.272 e. The first-order valence-corrected chi connectivity index (χ1v) is 4.40. The van der Waals surface area contributed by atoms with Crippen LogP contribution in [0.3, 0.4) is 0 Å². The fraction of sp³-hybridized carbons (Fsp3) is 0.400. The number of amides is 1. The van der Waals surface area contributed by atoms with Crippen molar-refractivity contribution in [1.29, 1.82) is 0 Å². The molecular weight excluding hydrogens is 182 g/mol. The summed E-state index contributed by atoms with van der Waals surface area (Å²) >= 11 is 5.12. The van der Waals surface area contributed by atoms with Crippen molar-refractivity contribution in [2.45, 2.75) is 0 Å². The molecule has 4 nitrogen and oxygen atoms in total. The Hall–Kier alpha value is -0.620. The molecule has 0 aromatic carbocycles. The highest BCUT2D eigenvalue weighted by atomic mass is 32.1. The molecule has 1 heterocycles. The number of carbonyl (C=O) groups excluding carboxylic acids is 1. The Labute approximate surface area is 73.0 Å². The lowest BCUT2D eigenvalue weighted by atomic mass is 10.7. The van der Waals surface area contributed by atoms with Crippen LogP contribution in [0.2, 0.25) is 0 Å². The van der Waals surface area contributed by atoms with Gasteiger partial charge in [-0.2, -0.15) is 22.7 Å². The lowest BCUT2D eigenvalue weighted by molar-refractivity contribution is -0.115. The number of aromatic nitrogens is 2. The number of hydrogen-bond donors (Lipinski definition) is 1. The second-order valence-electron chi connectivity index (χ2n) is 1.81. The maximum Gasteiger partial charge on any atom is 0.258 e. The van der Waals surface area contributed by atoms with E-state index >= 15 is 0 Å². The Morgan fingerprint density at radius 1 is 2.00 bits per heavy atom. The number of rotatable bonds is 1. The SMILES string of the molecule is Cn1ncsc1=NC(=O)CS. The van der Waals surface area contributed by atoms with E-state index in [2.05, 4.69) is 22.7 Å². The Balaban J connectivity index is 3.00. The Morgan fingerprint density at radius 3 is 3.18 bits per heavy atom. The van der Waals surface area contributed by atoms with E-state index in [4.69, 9.17) is 0 Å². The summed E-state index contributed by atoms with van der Waals surface area (Å²) in [6.45, 7) is 0. The van der Waals surface area contributed by atoms with Crippen LogP contribution in [0.5, 0.6) is 0 Å². The van der Waals surface area contributed by atoms with Crippen molar-refractivity contribution < 1.29 is 4.79 Å². The van der Waals surface area contributed by atoms with Crippen LogP contribution in [-0.2, 0) is 11.8 Å². The van der Waals surface area contributed by atoms with Gasteiger partial charge in [0.15, 0.2) is 0 Å². The van der Waals surface area contributed by atoms with Crippen LogP contribution >= 0.6 is 24.0 Å². The van der Waals surface area contributed by atoms with Gasteiger partial charge < -0.3 is 0 Å². The topological polar surface area (TPSA) is 47.2 Å². The van der Waals surface area contributed by atoms with Gasteiger partial charge in [0.1, 0.15) is 5.51 Å². The number of thiol groups is 1. The smallest absolute Gasteiger partial charge is 0.258 e. The molecule has 11 heavy (non-hydrogen) atoms. The minimum Gasteiger partial charge on any atom is -0.272 e. The molecule has 0 spiro atoms. The lowest BCUT2D eigenvalue weighted by Gasteiger charge is -1.85. The molecule has 0 saturated carbocycles. The molecule has 0 N–H and O–H groups in total. The molecule has 0 unspecified atom stereocenters. The Bertz CT molecular complexity index is 314. The summed E-state index contributed by atoms with van der Waals surface area (Å²) in [5.74, 6) is -0.106. The second-order valence-corrected chi connectivity index (χ2v) is 2.94. The predicted molar refractivity (Wildman–Crippen MR) is 45.5 cm³/mol. The van der Waals surface area contributed by atoms with Gasteiger partial charge in [-0.05, 0) is 0 Å². The molecule has 0 atom stereocenters. The lowest BCUT2D eigenvalue weighted by Crippen LogP contribution is -2.14. The zero-order valence-electron chi connectivity index (χ0n) is 5.89. The highest BCUT2D eigenvalue weighted by molar-refractivity contribution is 7.81. The third-order valence-electron chi connectivity index (χ3n) is 1.01. The monoisotopic (exact) mass is 189 g/mol. The maximum absolute atomic E-state index is 10.8. The normalized spacial score (nSPS) is 12.0. The quantitative estimate of drug-likeness (QED) is 0.624. The van der Waals surface area contributed by atoms with E-state index in [-0.39, 0.29) is 11.7 Å². The molecule has 1 aromatic rings. The third-order valence-corrected chi connectivity index (χ3v) is 2.05. The molecule has 6 heteroatoms. The van der Waals surface area contributed by atoms with Crippen molar-refractivity contribution in [3.05, 3.63) is 10.3 Å². The van der Waals surface area contributed by atoms with Gasteiger partial charge in [0.25, 0.3) is 5.91 Å². The van der Waals surface area contributed by atoms with Crippen LogP contribution in [0.25, 0.3) is 0 Å². The summed E-state index contributed by atoms with van der Waals surface area (Å²) < 4.78 is 1.55. The van der Waals surface area contributed by atoms with Crippen LogP contribution in [0.4, 0.5) is 0 Å². The van der Waals surface area contributed by atoms with Crippen LogP contribution in [-0.4, -0.2) is 21.4 Å². The first kappa shape index (κ1) is 8.48. The van der Waals surface area contributed by atoms with E-state index in [0.717, 1.165) is 0 Å². The first-order valence-electron chi connectivity index (χ1n) is 2.89. The molecule has 0 aliphatic heterocycles. The van der Waals surface area contributed by atoms with Gasteiger partial charge in [0, 0.05) is 7.05 Å². The molecule has 0 fully saturated rings. The molecular formula is C5H7N3OS2. The minimum absolute atomic E-state index is 0.137. The summed E-state index contributed by atoms with van der Waals surface area (Å²) in [5.41, 5.74) is 1.63. The molecule has 1 amide bonds. The van der Waals surface area contributed by atoms with Gasteiger partial charge in [-0.25, -0.2) is 4.68 Å². The fourth-order valence-corrected chi connectivity index (χ4v) is 1.22. The maximum atomic E-state index is 10.8. The number of aryl methyl sites for hydroxylation is 1. The van der Waals surface area contributed by atoms with E-state index in [9.17, 15) is 4.79 Å². The Kier molecular flexibility index (Phi) is 2.84. The van der Waals surface area contributed by atoms with Crippen LogP contribution in [0, 0.1) is 0 Å². The van der Waals surface area contributed by atoms with Crippen molar-refractivity contribution in [2.24, 2.45) is 12.0 Å². The van der Waals surface area contributed by atoms with Crippen LogP contribution < -0.4 is 4.80 Å². The minimum atomic E-state index is -0.242. The summed E-state index contributed by atoms with van der Waals surface area (Å²) in [6.07, 6.45) is 0. The standard InChI is InChI=1S/C5H7N3OS2/c1-8-5(11-3-6-8)7-4(9)2-10/h3,10H,2H2,1H3. The molecule has 0 aliphatic carbocycles. The summed E-state index contributed by atoms with van der Waals surface area (Å²) in [7, 11) is 1.74. The van der Waals surface area contributed by atoms with E-state index in [1.54, 1.807) is 17.2 Å². The fourth-order valence-electron chi connectivity index (χ4n) is 0.508. The Morgan fingerprint density at radius 2 is 2.73 bits per heavy atom. The average Bonchev–Trinajstić information content (AvgIpc) is 2.37. The third kappa shape index (κ3) is 2.16. The predicted octanol–water partition coefficient (Wildman–Crippen LogP) is -0.161. The van der Waals surface area contributed by atoms with Gasteiger partial charge in [-0.3, -0.25) is 4.79 Å². The van der Waals surface area contributed by atoms with Crippen LogP contribution in [0.15, 0.2) is 10.5 Å². The number of hydrogen-bond acceptors (Lipinski definition) is 4. The zero-order chi connectivity index (χ0) is 8.27. The second kappa shape index (κ2) is 3.68. The van der Waals surface area contributed by atoms with Gasteiger partial charge in [-0.1, -0.05) is 11.3 Å². The molecule has 60 valence electrons. The number of carbonyl (C=O) groups is 1. The van der Waals surface area contributed by atoms with Crippen LogP contribution in [0.1, 0.15) is 0 Å². The summed E-state index contributed by atoms with van der Waals surface area (Å²) in [4.78, 5) is 15.1. The number of nitrogens with zero attached hydrogens (tertiary/aromatic N) is 3. The average molecular weight is 189 g/mol. The zero-order valence-corrected chi connectivity index (χ0v) is 7.60. The molecule has 0 saturated heterocycles. The molecule has 0 bridgehead atoms. The van der Waals surface area contributed by atoms with Crippen molar-refractivity contribution in [1.82, 2.24) is 9.78 Å². The van der Waals surface area contributed by atoms with Gasteiger partial charge in [0.2, 0.25) is 4.80 Å². The van der Waals surface area contributed by atoms with Crippen molar-refractivity contribution in [3.63, 3.8) is 0 Å². The van der Waals surface area contributed by atoms with Gasteiger partial charge in [0.05, 0.1) is 5.75 Å². The van der Waals surface area contributed by atoms with E-state index in [1.165, 1.54) is 11.3 Å². The van der Waals surface area contributed by atoms with E-state index in [0.29, 0.717) is 4.80 Å². The highest BCUT2D eigenvalue weighted by Crippen LogP contribution is 1.83. The summed E-state index contributed by atoms with van der Waals surface area (Å²) in [5, 5.41) is 3.87. The molecule has 0 radical (unpaired) electrons. The molecule has 0 aliphatic rings. The highest BCUT2D eigenvalue weighted by Gasteiger charge is 1.94. The summed E-state index contributed by atoms with van der Waals surface area (Å²) in [6, 6.07) is 0. The first-order chi connectivity index (χ1) is 5.24. The van der Waals surface area contributed by atoms with E-state index in [1.807, 2.05) is 0 Å². The van der Waals surface area contributed by atoms with Crippen molar-refractivity contribution in [3.8, 4) is 0 Å². The van der Waals surface area contributed by atoms with Gasteiger partial charge >= 0.3 is 0 Å².